The lowest BCUT2D eigenvalue weighted by Crippen LogP contribution is -2.33. The summed E-state index contributed by atoms with van der Waals surface area (Å²) in [4.78, 5) is 24.0. The molecule has 0 heterocycles. The maximum absolute atomic E-state index is 12.3. The average Bonchev–Trinajstić information content (AvgIpc) is 2.74. The molecule has 3 rings (SSSR count). The first-order valence-electron chi connectivity index (χ1n) is 9.65. The standard InChI is InChI=1S/C24H23N3O2S/c1-3-22(28)25-20-12-7-13-21(16(20)2)26-24(30)27-23(29)15-14-18-10-6-9-17-8-4-5-11-19(17)18/h4-15H,3H2,1-2H3,(H,25,28)(H2,26,27,29,30)/b15-14+. The quantitative estimate of drug-likeness (QED) is 0.403. The summed E-state index contributed by atoms with van der Waals surface area (Å²) in [5.74, 6) is -0.391. The zero-order valence-corrected chi connectivity index (χ0v) is 17.7. The molecule has 0 aliphatic rings. The van der Waals surface area contributed by atoms with Crippen molar-refractivity contribution in [2.24, 2.45) is 0 Å². The van der Waals surface area contributed by atoms with Gasteiger partial charge in [-0.2, -0.15) is 0 Å². The molecule has 3 aromatic carbocycles. The number of thiocarbonyl (C=S) groups is 1. The molecular formula is C24H23N3O2S. The van der Waals surface area contributed by atoms with Crippen LogP contribution in [0.4, 0.5) is 11.4 Å². The van der Waals surface area contributed by atoms with Crippen molar-refractivity contribution < 1.29 is 9.59 Å². The highest BCUT2D eigenvalue weighted by Crippen LogP contribution is 2.23. The van der Waals surface area contributed by atoms with Crippen molar-refractivity contribution in [1.82, 2.24) is 5.32 Å². The molecule has 0 saturated carbocycles. The molecule has 0 aliphatic carbocycles. The molecular weight excluding hydrogens is 394 g/mol. The van der Waals surface area contributed by atoms with Crippen molar-refractivity contribution in [2.45, 2.75) is 20.3 Å². The van der Waals surface area contributed by atoms with Crippen LogP contribution in [0, 0.1) is 6.92 Å². The molecule has 3 aromatic rings. The number of carbonyl (C=O) groups is 2. The Balaban J connectivity index is 1.65. The van der Waals surface area contributed by atoms with Gasteiger partial charge >= 0.3 is 0 Å². The fraction of sp³-hybridized carbons (Fsp3) is 0.125. The van der Waals surface area contributed by atoms with E-state index < -0.39 is 0 Å². The van der Waals surface area contributed by atoms with Crippen LogP contribution in [0.15, 0.2) is 66.7 Å². The Bertz CT molecular complexity index is 1130. The molecule has 0 unspecified atom stereocenters. The van der Waals surface area contributed by atoms with Crippen molar-refractivity contribution in [3.05, 3.63) is 77.9 Å². The van der Waals surface area contributed by atoms with Crippen molar-refractivity contribution in [2.75, 3.05) is 10.6 Å². The molecule has 6 heteroatoms. The fourth-order valence-corrected chi connectivity index (χ4v) is 3.22. The van der Waals surface area contributed by atoms with Gasteiger partial charge < -0.3 is 10.6 Å². The van der Waals surface area contributed by atoms with Gasteiger partial charge in [0.2, 0.25) is 11.8 Å². The lowest BCUT2D eigenvalue weighted by atomic mass is 10.0. The van der Waals surface area contributed by atoms with E-state index in [1.54, 1.807) is 13.0 Å². The Kier molecular flexibility index (Phi) is 6.93. The third-order valence-corrected chi connectivity index (χ3v) is 4.86. The number of fused-ring (bicyclic) bond motifs is 1. The normalized spacial score (nSPS) is 10.7. The van der Waals surface area contributed by atoms with E-state index in [0.29, 0.717) is 17.8 Å². The second-order valence-electron chi connectivity index (χ2n) is 6.72. The minimum absolute atomic E-state index is 0.0651. The summed E-state index contributed by atoms with van der Waals surface area (Å²) in [7, 11) is 0. The van der Waals surface area contributed by atoms with Crippen LogP contribution in [-0.2, 0) is 9.59 Å². The maximum atomic E-state index is 12.3. The summed E-state index contributed by atoms with van der Waals surface area (Å²) < 4.78 is 0. The minimum Gasteiger partial charge on any atom is -0.332 e. The Hall–Kier alpha value is -3.51. The smallest absolute Gasteiger partial charge is 0.250 e. The van der Waals surface area contributed by atoms with Gasteiger partial charge in [-0.15, -0.1) is 0 Å². The molecule has 0 radical (unpaired) electrons. The van der Waals surface area contributed by atoms with Gasteiger partial charge in [0, 0.05) is 23.9 Å². The first-order valence-corrected chi connectivity index (χ1v) is 10.1. The van der Waals surface area contributed by atoms with E-state index in [4.69, 9.17) is 12.2 Å². The van der Waals surface area contributed by atoms with Crippen LogP contribution < -0.4 is 16.0 Å². The SMILES string of the molecule is CCC(=O)Nc1cccc(NC(=S)NC(=O)/C=C/c2cccc3ccccc23)c1C. The van der Waals surface area contributed by atoms with Crippen molar-refractivity contribution in [3.8, 4) is 0 Å². The van der Waals surface area contributed by atoms with E-state index in [9.17, 15) is 9.59 Å². The predicted molar refractivity (Wildman–Crippen MR) is 127 cm³/mol. The second kappa shape index (κ2) is 9.80. The second-order valence-corrected chi connectivity index (χ2v) is 7.13. The van der Waals surface area contributed by atoms with E-state index in [-0.39, 0.29) is 16.9 Å². The molecule has 0 atom stereocenters. The third-order valence-electron chi connectivity index (χ3n) is 4.65. The third kappa shape index (κ3) is 5.30. The van der Waals surface area contributed by atoms with E-state index in [2.05, 4.69) is 16.0 Å². The molecule has 0 bridgehead atoms. The highest BCUT2D eigenvalue weighted by molar-refractivity contribution is 7.80. The number of amides is 2. The average molecular weight is 418 g/mol. The summed E-state index contributed by atoms with van der Waals surface area (Å²) in [5.41, 5.74) is 3.21. The van der Waals surface area contributed by atoms with Gasteiger partial charge in [-0.1, -0.05) is 55.5 Å². The minimum atomic E-state index is -0.325. The fourth-order valence-electron chi connectivity index (χ4n) is 3.01. The summed E-state index contributed by atoms with van der Waals surface area (Å²) in [5, 5.41) is 10.9. The van der Waals surface area contributed by atoms with Crippen LogP contribution >= 0.6 is 12.2 Å². The van der Waals surface area contributed by atoms with Gasteiger partial charge in [0.25, 0.3) is 0 Å². The summed E-state index contributed by atoms with van der Waals surface area (Å²) in [6.07, 6.45) is 3.63. The largest absolute Gasteiger partial charge is 0.332 e. The monoisotopic (exact) mass is 417 g/mol. The summed E-state index contributed by atoms with van der Waals surface area (Å²) >= 11 is 5.27. The molecule has 3 N–H and O–H groups in total. The maximum Gasteiger partial charge on any atom is 0.250 e. The van der Waals surface area contributed by atoms with Crippen molar-refractivity contribution in [1.29, 1.82) is 0 Å². The zero-order chi connectivity index (χ0) is 21.5. The number of hydrogen-bond acceptors (Lipinski definition) is 3. The Morgan fingerprint density at radius 3 is 2.37 bits per heavy atom. The lowest BCUT2D eigenvalue weighted by Gasteiger charge is -2.14. The molecule has 152 valence electrons. The Morgan fingerprint density at radius 1 is 0.933 bits per heavy atom. The number of benzene rings is 3. The van der Waals surface area contributed by atoms with Crippen molar-refractivity contribution >= 4 is 57.4 Å². The Labute approximate surface area is 181 Å². The van der Waals surface area contributed by atoms with E-state index in [1.807, 2.05) is 67.6 Å². The van der Waals surface area contributed by atoms with Crippen LogP contribution in [0.25, 0.3) is 16.8 Å². The summed E-state index contributed by atoms with van der Waals surface area (Å²) in [6.45, 7) is 3.67. The van der Waals surface area contributed by atoms with Gasteiger partial charge in [-0.3, -0.25) is 14.9 Å². The molecule has 0 fully saturated rings. The van der Waals surface area contributed by atoms with Crippen LogP contribution in [0.2, 0.25) is 0 Å². The predicted octanol–water partition coefficient (Wildman–Crippen LogP) is 5.02. The number of nitrogens with one attached hydrogen (secondary N) is 3. The summed E-state index contributed by atoms with van der Waals surface area (Å²) in [6, 6.07) is 19.4. The first kappa shape index (κ1) is 21.2. The topological polar surface area (TPSA) is 70.2 Å². The van der Waals surface area contributed by atoms with Crippen LogP contribution in [-0.4, -0.2) is 16.9 Å². The van der Waals surface area contributed by atoms with E-state index >= 15 is 0 Å². The Morgan fingerprint density at radius 2 is 1.60 bits per heavy atom. The number of rotatable bonds is 5. The highest BCUT2D eigenvalue weighted by Gasteiger charge is 2.09. The van der Waals surface area contributed by atoms with Crippen molar-refractivity contribution in [3.63, 3.8) is 0 Å². The molecule has 0 saturated heterocycles. The molecule has 30 heavy (non-hydrogen) atoms. The number of carbonyl (C=O) groups excluding carboxylic acids is 2. The number of hydrogen-bond donors (Lipinski definition) is 3. The first-order chi connectivity index (χ1) is 14.5. The molecule has 5 nitrogen and oxygen atoms in total. The van der Waals surface area contributed by atoms with Crippen LogP contribution in [0.5, 0.6) is 0 Å². The van der Waals surface area contributed by atoms with Gasteiger partial charge in [0.15, 0.2) is 5.11 Å². The van der Waals surface area contributed by atoms with Gasteiger partial charge in [-0.25, -0.2) is 0 Å². The molecule has 2 amide bonds. The highest BCUT2D eigenvalue weighted by atomic mass is 32.1. The van der Waals surface area contributed by atoms with Crippen LogP contribution in [0.1, 0.15) is 24.5 Å². The van der Waals surface area contributed by atoms with Gasteiger partial charge in [-0.05, 0) is 59.2 Å². The molecule has 0 spiro atoms. The molecule has 0 aromatic heterocycles. The van der Waals surface area contributed by atoms with Gasteiger partial charge in [0.1, 0.15) is 0 Å². The molecule has 0 aliphatic heterocycles. The zero-order valence-electron chi connectivity index (χ0n) is 16.9. The lowest BCUT2D eigenvalue weighted by molar-refractivity contribution is -0.116. The van der Waals surface area contributed by atoms with E-state index in [0.717, 1.165) is 21.9 Å². The van der Waals surface area contributed by atoms with Gasteiger partial charge in [0.05, 0.1) is 0 Å². The van der Waals surface area contributed by atoms with E-state index in [1.165, 1.54) is 6.08 Å². The van der Waals surface area contributed by atoms with Crippen LogP contribution in [0.3, 0.4) is 0 Å². The number of anilines is 2.